The highest BCUT2D eigenvalue weighted by Gasteiger charge is 2.41. The molecule has 1 aromatic heterocycles. The molecule has 1 N–H and O–H groups in total. The van der Waals surface area contributed by atoms with Crippen molar-refractivity contribution in [3.05, 3.63) is 42.7 Å². The van der Waals surface area contributed by atoms with Crippen LogP contribution < -0.4 is 5.32 Å². The zero-order valence-electron chi connectivity index (χ0n) is 11.0. The van der Waals surface area contributed by atoms with Gasteiger partial charge in [0.1, 0.15) is 0 Å². The van der Waals surface area contributed by atoms with Gasteiger partial charge in [-0.1, -0.05) is 12.1 Å². The molecule has 98 valence electrons. The Balaban J connectivity index is 1.63. The molecule has 3 nitrogen and oxygen atoms in total. The van der Waals surface area contributed by atoms with Crippen LogP contribution in [0.15, 0.2) is 42.7 Å². The van der Waals surface area contributed by atoms with E-state index in [1.54, 1.807) is 0 Å². The van der Waals surface area contributed by atoms with Gasteiger partial charge >= 0.3 is 0 Å². The van der Waals surface area contributed by atoms with Crippen LogP contribution in [0, 0.1) is 11.8 Å². The molecule has 2 aliphatic carbocycles. The maximum absolute atomic E-state index is 4.35. The lowest BCUT2D eigenvalue weighted by Gasteiger charge is -2.21. The second-order valence-corrected chi connectivity index (χ2v) is 5.81. The Hall–Kier alpha value is -1.77. The smallest absolute Gasteiger partial charge is 0.0876 e. The lowest BCUT2D eigenvalue weighted by Crippen LogP contribution is -2.25. The van der Waals surface area contributed by atoms with Crippen LogP contribution in [-0.2, 0) is 0 Å². The molecule has 19 heavy (non-hydrogen) atoms. The number of benzene rings is 1. The van der Waals surface area contributed by atoms with Crippen LogP contribution in [0.2, 0.25) is 0 Å². The van der Waals surface area contributed by atoms with E-state index < -0.39 is 0 Å². The molecule has 2 fully saturated rings. The van der Waals surface area contributed by atoms with Crippen LogP contribution >= 0.6 is 0 Å². The van der Waals surface area contributed by atoms with E-state index in [1.807, 2.05) is 23.1 Å². The van der Waals surface area contributed by atoms with Gasteiger partial charge in [0.2, 0.25) is 0 Å². The molecule has 0 amide bonds. The molecule has 1 aromatic carbocycles. The summed E-state index contributed by atoms with van der Waals surface area (Å²) in [5.74, 6) is 1.80. The fourth-order valence-electron chi connectivity index (χ4n) is 2.92. The Morgan fingerprint density at radius 1 is 1.05 bits per heavy atom. The molecule has 4 rings (SSSR count). The maximum atomic E-state index is 4.35. The number of anilines is 1. The molecular weight excluding hydrogens is 234 g/mol. The van der Waals surface area contributed by atoms with Crippen LogP contribution in [0.25, 0.3) is 5.69 Å². The number of para-hydroxylation sites is 2. The van der Waals surface area contributed by atoms with Crippen molar-refractivity contribution in [2.45, 2.75) is 31.7 Å². The molecule has 2 saturated carbocycles. The van der Waals surface area contributed by atoms with Gasteiger partial charge in [-0.3, -0.25) is 0 Å². The normalized spacial score (nSPS) is 18.8. The van der Waals surface area contributed by atoms with Crippen molar-refractivity contribution in [3.8, 4) is 5.69 Å². The topological polar surface area (TPSA) is 29.9 Å². The fourth-order valence-corrected chi connectivity index (χ4v) is 2.92. The molecule has 3 heteroatoms. The lowest BCUT2D eigenvalue weighted by atomic mass is 10.1. The van der Waals surface area contributed by atoms with Crippen molar-refractivity contribution in [2.75, 3.05) is 5.32 Å². The van der Waals surface area contributed by atoms with Gasteiger partial charge in [0.25, 0.3) is 0 Å². The quantitative estimate of drug-likeness (QED) is 0.884. The number of aromatic nitrogens is 2. The molecule has 0 bridgehead atoms. The summed E-state index contributed by atoms with van der Waals surface area (Å²) in [5.41, 5.74) is 2.37. The molecule has 0 radical (unpaired) electrons. The monoisotopic (exact) mass is 253 g/mol. The highest BCUT2D eigenvalue weighted by Crippen LogP contribution is 2.46. The third kappa shape index (κ3) is 2.25. The lowest BCUT2D eigenvalue weighted by molar-refractivity contribution is 0.567. The third-order valence-electron chi connectivity index (χ3n) is 4.24. The minimum atomic E-state index is 0.678. The average molecular weight is 253 g/mol. The number of nitrogens with one attached hydrogen (secondary N) is 1. The SMILES string of the molecule is c1ccc(-n2cccn2)c(NC(C2CC2)C2CC2)c1. The third-order valence-corrected chi connectivity index (χ3v) is 4.24. The summed E-state index contributed by atoms with van der Waals surface area (Å²) in [6, 6.07) is 11.1. The second kappa shape index (κ2) is 4.41. The van der Waals surface area contributed by atoms with Crippen LogP contribution in [-0.4, -0.2) is 15.8 Å². The van der Waals surface area contributed by atoms with E-state index in [4.69, 9.17) is 0 Å². The standard InChI is InChI=1S/C16H19N3/c1-2-5-15(19-11-3-10-17-19)14(4-1)18-16(12-6-7-12)13-8-9-13/h1-5,10-13,16,18H,6-9H2. The van der Waals surface area contributed by atoms with E-state index >= 15 is 0 Å². The average Bonchev–Trinajstić information content (AvgIpc) is 3.37. The van der Waals surface area contributed by atoms with E-state index in [0.717, 1.165) is 17.5 Å². The van der Waals surface area contributed by atoms with Gasteiger partial charge in [-0.25, -0.2) is 4.68 Å². The van der Waals surface area contributed by atoms with Crippen molar-refractivity contribution in [1.29, 1.82) is 0 Å². The highest BCUT2D eigenvalue weighted by molar-refractivity contribution is 5.61. The summed E-state index contributed by atoms with van der Waals surface area (Å²) in [7, 11) is 0. The second-order valence-electron chi connectivity index (χ2n) is 5.81. The van der Waals surface area contributed by atoms with Gasteiger partial charge < -0.3 is 5.32 Å². The summed E-state index contributed by atoms with van der Waals surface area (Å²) in [6.07, 6.45) is 9.44. The number of hydrogen-bond donors (Lipinski definition) is 1. The summed E-state index contributed by atoms with van der Waals surface area (Å²) < 4.78 is 1.94. The van der Waals surface area contributed by atoms with Crippen LogP contribution in [0.1, 0.15) is 25.7 Å². The van der Waals surface area contributed by atoms with Crippen molar-refractivity contribution < 1.29 is 0 Å². The first kappa shape index (κ1) is 11.1. The van der Waals surface area contributed by atoms with Crippen molar-refractivity contribution in [3.63, 3.8) is 0 Å². The molecule has 2 aromatic rings. The molecule has 0 spiro atoms. The van der Waals surface area contributed by atoms with Gasteiger partial charge in [0, 0.05) is 18.4 Å². The molecule has 0 aliphatic heterocycles. The molecule has 0 saturated heterocycles. The molecule has 1 heterocycles. The zero-order chi connectivity index (χ0) is 12.7. The Morgan fingerprint density at radius 2 is 1.79 bits per heavy atom. The minimum absolute atomic E-state index is 0.678. The van der Waals surface area contributed by atoms with E-state index in [-0.39, 0.29) is 0 Å². The number of hydrogen-bond acceptors (Lipinski definition) is 2. The number of rotatable bonds is 5. The van der Waals surface area contributed by atoms with Gasteiger partial charge in [0.05, 0.1) is 11.4 Å². The van der Waals surface area contributed by atoms with Gasteiger partial charge in [-0.15, -0.1) is 0 Å². The summed E-state index contributed by atoms with van der Waals surface area (Å²) >= 11 is 0. The zero-order valence-corrected chi connectivity index (χ0v) is 11.0. The molecule has 0 unspecified atom stereocenters. The van der Waals surface area contributed by atoms with Gasteiger partial charge in [0.15, 0.2) is 0 Å². The van der Waals surface area contributed by atoms with Crippen molar-refractivity contribution >= 4 is 5.69 Å². The van der Waals surface area contributed by atoms with Gasteiger partial charge in [-0.05, 0) is 55.7 Å². The number of nitrogens with zero attached hydrogens (tertiary/aromatic N) is 2. The van der Waals surface area contributed by atoms with Crippen LogP contribution in [0.4, 0.5) is 5.69 Å². The van der Waals surface area contributed by atoms with Crippen LogP contribution in [0.3, 0.4) is 0 Å². The Kier molecular flexibility index (Phi) is 2.57. The maximum Gasteiger partial charge on any atom is 0.0876 e. The highest BCUT2D eigenvalue weighted by atomic mass is 15.3. The minimum Gasteiger partial charge on any atom is -0.380 e. The largest absolute Gasteiger partial charge is 0.380 e. The van der Waals surface area contributed by atoms with Gasteiger partial charge in [-0.2, -0.15) is 5.10 Å². The van der Waals surface area contributed by atoms with Crippen LogP contribution in [0.5, 0.6) is 0 Å². The summed E-state index contributed by atoms with van der Waals surface area (Å²) in [5, 5.41) is 8.15. The summed E-state index contributed by atoms with van der Waals surface area (Å²) in [6.45, 7) is 0. The Labute approximate surface area is 113 Å². The van der Waals surface area contributed by atoms with Crippen molar-refractivity contribution in [2.24, 2.45) is 11.8 Å². The molecular formula is C16H19N3. The fraction of sp³-hybridized carbons (Fsp3) is 0.438. The first-order valence-corrected chi connectivity index (χ1v) is 7.27. The van der Waals surface area contributed by atoms with E-state index in [0.29, 0.717) is 6.04 Å². The first-order valence-electron chi connectivity index (χ1n) is 7.27. The molecule has 0 atom stereocenters. The van der Waals surface area contributed by atoms with Crippen molar-refractivity contribution in [1.82, 2.24) is 9.78 Å². The first-order chi connectivity index (χ1) is 9.42. The Bertz CT molecular complexity index is 541. The predicted molar refractivity (Wildman–Crippen MR) is 76.4 cm³/mol. The van der Waals surface area contributed by atoms with E-state index in [1.165, 1.54) is 31.4 Å². The Morgan fingerprint density at radius 3 is 2.42 bits per heavy atom. The predicted octanol–water partition coefficient (Wildman–Crippen LogP) is 3.47. The van der Waals surface area contributed by atoms with E-state index in [2.05, 4.69) is 34.7 Å². The molecule has 2 aliphatic rings. The summed E-state index contributed by atoms with van der Waals surface area (Å²) in [4.78, 5) is 0. The van der Waals surface area contributed by atoms with E-state index in [9.17, 15) is 0 Å².